The maximum Gasteiger partial charge on any atom is 0.159 e. The van der Waals surface area contributed by atoms with Crippen LogP contribution in [0.3, 0.4) is 0 Å². The molecule has 8 rings (SSSR count). The summed E-state index contributed by atoms with van der Waals surface area (Å²) in [7, 11) is 0. The molecule has 0 radical (unpaired) electrons. The van der Waals surface area contributed by atoms with Crippen molar-refractivity contribution in [3.05, 3.63) is 139 Å². The molecule has 186 valence electrons. The van der Waals surface area contributed by atoms with E-state index in [0.29, 0.717) is 0 Å². The van der Waals surface area contributed by atoms with Crippen LogP contribution in [0.5, 0.6) is 0 Å². The maximum atomic E-state index is 6.56. The molecule has 0 saturated heterocycles. The molecule has 7 aromatic rings. The van der Waals surface area contributed by atoms with E-state index in [1.54, 1.807) is 0 Å². The monoisotopic (exact) mass is 501 g/mol. The minimum absolute atomic E-state index is 0.0856. The van der Waals surface area contributed by atoms with Crippen molar-refractivity contribution < 1.29 is 4.42 Å². The fraction of sp³-hybridized carbons (Fsp3) is 0.0811. The second-order valence-electron chi connectivity index (χ2n) is 11.0. The van der Waals surface area contributed by atoms with Crippen molar-refractivity contribution in [1.82, 2.24) is 0 Å². The van der Waals surface area contributed by atoms with Crippen LogP contribution in [0.2, 0.25) is 0 Å². The molecule has 6 aromatic carbocycles. The number of anilines is 3. The Balaban J connectivity index is 1.44. The average Bonchev–Trinajstić information content (AvgIpc) is 3.47. The van der Waals surface area contributed by atoms with Crippen molar-refractivity contribution in [2.45, 2.75) is 19.3 Å². The molecule has 1 heterocycles. The lowest BCUT2D eigenvalue weighted by Gasteiger charge is -2.29. The van der Waals surface area contributed by atoms with E-state index >= 15 is 0 Å². The van der Waals surface area contributed by atoms with Gasteiger partial charge in [-0.2, -0.15) is 0 Å². The lowest BCUT2D eigenvalue weighted by molar-refractivity contribution is 0.660. The highest BCUT2D eigenvalue weighted by Crippen LogP contribution is 2.51. The summed E-state index contributed by atoms with van der Waals surface area (Å²) >= 11 is 0. The van der Waals surface area contributed by atoms with E-state index in [-0.39, 0.29) is 5.41 Å². The van der Waals surface area contributed by atoms with Crippen molar-refractivity contribution >= 4 is 49.8 Å². The zero-order valence-corrected chi connectivity index (χ0v) is 22.0. The first kappa shape index (κ1) is 22.2. The third-order valence-electron chi connectivity index (χ3n) is 8.46. The molecule has 0 bridgehead atoms. The summed E-state index contributed by atoms with van der Waals surface area (Å²) in [5.74, 6) is 0. The van der Waals surface area contributed by atoms with Crippen molar-refractivity contribution in [1.29, 1.82) is 0 Å². The smallest absolute Gasteiger partial charge is 0.159 e. The predicted molar refractivity (Wildman–Crippen MR) is 163 cm³/mol. The molecule has 0 N–H and O–H groups in total. The molecule has 39 heavy (non-hydrogen) atoms. The molecule has 2 heteroatoms. The number of para-hydroxylation sites is 2. The van der Waals surface area contributed by atoms with Gasteiger partial charge in [-0.15, -0.1) is 0 Å². The van der Waals surface area contributed by atoms with Gasteiger partial charge in [0.25, 0.3) is 0 Å². The van der Waals surface area contributed by atoms with E-state index < -0.39 is 0 Å². The van der Waals surface area contributed by atoms with E-state index in [4.69, 9.17) is 4.42 Å². The zero-order chi connectivity index (χ0) is 26.1. The topological polar surface area (TPSA) is 16.4 Å². The van der Waals surface area contributed by atoms with Gasteiger partial charge in [-0.25, -0.2) is 0 Å². The van der Waals surface area contributed by atoms with Crippen LogP contribution in [0.1, 0.15) is 25.0 Å². The van der Waals surface area contributed by atoms with Crippen LogP contribution >= 0.6 is 0 Å². The van der Waals surface area contributed by atoms with Crippen molar-refractivity contribution in [3.8, 4) is 11.1 Å². The summed E-state index contributed by atoms with van der Waals surface area (Å²) in [6, 6.07) is 45.7. The van der Waals surface area contributed by atoms with Gasteiger partial charge in [-0.05, 0) is 58.0 Å². The van der Waals surface area contributed by atoms with Gasteiger partial charge in [-0.3, -0.25) is 0 Å². The summed E-state index contributed by atoms with van der Waals surface area (Å²) in [6.07, 6.45) is 0. The Bertz CT molecular complexity index is 2060. The number of nitrogens with zero attached hydrogens (tertiary/aromatic N) is 1. The molecule has 1 aliphatic rings. The summed E-state index contributed by atoms with van der Waals surface area (Å²) < 4.78 is 6.56. The number of hydrogen-bond acceptors (Lipinski definition) is 2. The number of furan rings is 1. The normalized spacial score (nSPS) is 13.6. The van der Waals surface area contributed by atoms with Crippen molar-refractivity contribution in [2.75, 3.05) is 4.90 Å². The second-order valence-corrected chi connectivity index (χ2v) is 11.0. The van der Waals surface area contributed by atoms with Gasteiger partial charge in [0.2, 0.25) is 0 Å². The van der Waals surface area contributed by atoms with Crippen molar-refractivity contribution in [3.63, 3.8) is 0 Å². The van der Waals surface area contributed by atoms with Gasteiger partial charge in [0.05, 0.1) is 11.4 Å². The van der Waals surface area contributed by atoms with E-state index in [0.717, 1.165) is 39.0 Å². The number of rotatable bonds is 3. The van der Waals surface area contributed by atoms with Gasteiger partial charge >= 0.3 is 0 Å². The molecule has 0 fully saturated rings. The van der Waals surface area contributed by atoms with Crippen LogP contribution in [-0.4, -0.2) is 0 Å². The summed E-state index contributed by atoms with van der Waals surface area (Å²) in [5, 5.41) is 4.68. The van der Waals surface area contributed by atoms with Gasteiger partial charge in [0.15, 0.2) is 5.58 Å². The average molecular weight is 502 g/mol. The summed E-state index contributed by atoms with van der Waals surface area (Å²) in [5.41, 5.74) is 10.4. The summed E-state index contributed by atoms with van der Waals surface area (Å²) in [4.78, 5) is 2.38. The largest absolute Gasteiger partial charge is 0.454 e. The highest BCUT2D eigenvalue weighted by molar-refractivity contribution is 6.11. The number of hydrogen-bond donors (Lipinski definition) is 0. The third-order valence-corrected chi connectivity index (χ3v) is 8.46. The van der Waals surface area contributed by atoms with E-state index in [9.17, 15) is 0 Å². The highest BCUT2D eigenvalue weighted by atomic mass is 16.3. The first-order valence-corrected chi connectivity index (χ1v) is 13.5. The Kier molecular flexibility index (Phi) is 4.60. The molecule has 0 atom stereocenters. The SMILES string of the molecule is CC1(C)c2ccccc2-c2ccc(N(c3cccc4ccccc34)c3cccc4c3oc3ccccc34)cc21. The lowest BCUT2D eigenvalue weighted by Crippen LogP contribution is -2.16. The Morgan fingerprint density at radius 3 is 2.13 bits per heavy atom. The molecule has 1 aromatic heterocycles. The fourth-order valence-electron chi connectivity index (χ4n) is 6.55. The van der Waals surface area contributed by atoms with E-state index in [1.165, 1.54) is 33.0 Å². The Morgan fingerprint density at radius 2 is 1.21 bits per heavy atom. The minimum atomic E-state index is -0.0856. The van der Waals surface area contributed by atoms with Gasteiger partial charge < -0.3 is 9.32 Å². The van der Waals surface area contributed by atoms with Crippen LogP contribution < -0.4 is 4.90 Å². The molecule has 2 nitrogen and oxygen atoms in total. The second kappa shape index (κ2) is 8.09. The van der Waals surface area contributed by atoms with Crippen LogP contribution in [0, 0.1) is 0 Å². The van der Waals surface area contributed by atoms with Gasteiger partial charge in [0.1, 0.15) is 5.58 Å². The van der Waals surface area contributed by atoms with Crippen LogP contribution in [0.15, 0.2) is 132 Å². The molecular formula is C37H27NO. The van der Waals surface area contributed by atoms with Crippen LogP contribution in [0.4, 0.5) is 17.1 Å². The number of benzene rings is 6. The molecule has 0 aliphatic heterocycles. The predicted octanol–water partition coefficient (Wildman–Crippen LogP) is 10.5. The van der Waals surface area contributed by atoms with Crippen molar-refractivity contribution in [2.24, 2.45) is 0 Å². The Morgan fingerprint density at radius 1 is 0.538 bits per heavy atom. The fourth-order valence-corrected chi connectivity index (χ4v) is 6.55. The molecule has 1 aliphatic carbocycles. The molecule has 0 unspecified atom stereocenters. The van der Waals surface area contributed by atoms with Crippen LogP contribution in [-0.2, 0) is 5.41 Å². The van der Waals surface area contributed by atoms with Gasteiger partial charge in [-0.1, -0.05) is 111 Å². The number of fused-ring (bicyclic) bond motifs is 7. The minimum Gasteiger partial charge on any atom is -0.454 e. The quantitative estimate of drug-likeness (QED) is 0.239. The summed E-state index contributed by atoms with van der Waals surface area (Å²) in [6.45, 7) is 4.67. The van der Waals surface area contributed by atoms with Gasteiger partial charge in [0, 0.05) is 27.3 Å². The van der Waals surface area contributed by atoms with E-state index in [1.807, 2.05) is 6.07 Å². The Hall–Kier alpha value is -4.82. The lowest BCUT2D eigenvalue weighted by atomic mass is 9.82. The molecular weight excluding hydrogens is 474 g/mol. The standard InChI is InChI=1S/C37H27NO/c1-37(2)31-17-7-5-14-27(31)28-22-21-25(23-32(28)37)38(33-18-9-12-24-11-3-4-13-26(24)33)34-19-10-16-30-29-15-6-8-20-35(29)39-36(30)34/h3-23H,1-2H3. The Labute approximate surface area is 227 Å². The third kappa shape index (κ3) is 3.15. The van der Waals surface area contributed by atoms with Crippen LogP contribution in [0.25, 0.3) is 43.8 Å². The molecule has 0 saturated carbocycles. The highest BCUT2D eigenvalue weighted by Gasteiger charge is 2.36. The molecule has 0 amide bonds. The maximum absolute atomic E-state index is 6.56. The first-order valence-electron chi connectivity index (χ1n) is 13.5. The first-order chi connectivity index (χ1) is 19.1. The zero-order valence-electron chi connectivity index (χ0n) is 22.0. The van der Waals surface area contributed by atoms with E-state index in [2.05, 4.69) is 140 Å². The molecule has 0 spiro atoms.